The largest absolute Gasteiger partial charge is 0.467 e. The van der Waals surface area contributed by atoms with Gasteiger partial charge in [0.25, 0.3) is 5.91 Å². The van der Waals surface area contributed by atoms with Gasteiger partial charge in [-0.15, -0.1) is 0 Å². The third-order valence-electron chi connectivity index (χ3n) is 7.76. The Hall–Kier alpha value is -4.16. The molecule has 2 amide bonds. The number of carbonyl (C=O) groups excluding carboxylic acids is 3. The molecule has 0 aromatic heterocycles. The molecule has 2 fully saturated rings. The number of halogens is 2. The van der Waals surface area contributed by atoms with Crippen LogP contribution in [0.15, 0.2) is 77.7 Å². The summed E-state index contributed by atoms with van der Waals surface area (Å²) >= 11 is 0. The molecule has 2 bridgehead atoms. The zero-order chi connectivity index (χ0) is 32.7. The van der Waals surface area contributed by atoms with Gasteiger partial charge in [0.15, 0.2) is 0 Å². The van der Waals surface area contributed by atoms with Gasteiger partial charge in [0.05, 0.1) is 12.0 Å². The number of fused-ring (bicyclic) bond motifs is 2. The third-order valence-corrected chi connectivity index (χ3v) is 9.71. The van der Waals surface area contributed by atoms with E-state index in [4.69, 9.17) is 4.74 Å². The number of nitrogens with zero attached hydrogens (tertiary/aromatic N) is 1. The monoisotopic (exact) mass is 657 g/mol. The summed E-state index contributed by atoms with van der Waals surface area (Å²) in [6, 6.07) is 14.8. The van der Waals surface area contributed by atoms with E-state index in [9.17, 15) is 31.6 Å². The van der Waals surface area contributed by atoms with Crippen molar-refractivity contribution in [3.8, 4) is 0 Å². The van der Waals surface area contributed by atoms with Gasteiger partial charge in [-0.1, -0.05) is 64.1 Å². The average Bonchev–Trinajstić information content (AvgIpc) is 3.65. The average molecular weight is 658 g/mol. The summed E-state index contributed by atoms with van der Waals surface area (Å²) in [6.45, 7) is 4.25. The lowest BCUT2D eigenvalue weighted by Gasteiger charge is -2.34. The summed E-state index contributed by atoms with van der Waals surface area (Å²) in [4.78, 5) is 38.7. The number of amides is 2. The molecule has 0 spiro atoms. The quantitative estimate of drug-likeness (QED) is 0.285. The normalized spacial score (nSPS) is 19.2. The number of esters is 1. The van der Waals surface area contributed by atoms with E-state index in [1.807, 2.05) is 0 Å². The Kier molecular flexibility index (Phi) is 12.6. The first kappa shape index (κ1) is 36.3. The van der Waals surface area contributed by atoms with Crippen LogP contribution >= 0.6 is 0 Å². The molecule has 9 nitrogen and oxygen atoms in total. The molecule has 1 saturated heterocycles. The number of ether oxygens (including phenoxy) is 1. The highest BCUT2D eigenvalue weighted by molar-refractivity contribution is 7.89. The fourth-order valence-corrected chi connectivity index (χ4v) is 7.69. The molecular formula is C34H41F2N3O6S. The summed E-state index contributed by atoms with van der Waals surface area (Å²) in [6.07, 6.45) is 3.20. The number of methoxy groups -OCH3 is 1. The van der Waals surface area contributed by atoms with Crippen molar-refractivity contribution in [3.63, 3.8) is 0 Å². The number of hydrogen-bond donors (Lipinski definition) is 2. The second kappa shape index (κ2) is 15.9. The van der Waals surface area contributed by atoms with E-state index in [0.29, 0.717) is 24.8 Å². The number of benzene rings is 3. The maximum absolute atomic E-state index is 13.9. The summed E-state index contributed by atoms with van der Waals surface area (Å²) in [5.74, 6) is -4.41. The van der Waals surface area contributed by atoms with Crippen LogP contribution in [0.4, 0.5) is 14.5 Å². The first-order chi connectivity index (χ1) is 21.5. The van der Waals surface area contributed by atoms with Crippen LogP contribution in [0.25, 0.3) is 0 Å². The van der Waals surface area contributed by atoms with Gasteiger partial charge in [-0.2, -0.15) is 4.31 Å². The lowest BCUT2D eigenvalue weighted by atomic mass is 9.98. The number of piperidine rings is 1. The Bertz CT molecular complexity index is 1600. The van der Waals surface area contributed by atoms with Crippen molar-refractivity contribution in [1.29, 1.82) is 0 Å². The second-order valence-electron chi connectivity index (χ2n) is 11.1. The highest BCUT2D eigenvalue weighted by Gasteiger charge is 2.54. The number of nitrogens with one attached hydrogen (secondary N) is 2. The van der Waals surface area contributed by atoms with Crippen LogP contribution in [-0.2, 0) is 30.8 Å². The van der Waals surface area contributed by atoms with E-state index in [-0.39, 0.29) is 36.4 Å². The Labute approximate surface area is 269 Å². The minimum absolute atomic E-state index is 0. The summed E-state index contributed by atoms with van der Waals surface area (Å²) < 4.78 is 61.1. The predicted molar refractivity (Wildman–Crippen MR) is 171 cm³/mol. The molecule has 2 unspecified atom stereocenters. The van der Waals surface area contributed by atoms with Gasteiger partial charge >= 0.3 is 5.97 Å². The van der Waals surface area contributed by atoms with Crippen molar-refractivity contribution in [2.45, 2.75) is 76.4 Å². The molecule has 12 heteroatoms. The van der Waals surface area contributed by atoms with Crippen molar-refractivity contribution in [2.75, 3.05) is 12.4 Å². The van der Waals surface area contributed by atoms with Gasteiger partial charge in [-0.05, 0) is 67.1 Å². The molecule has 46 heavy (non-hydrogen) atoms. The predicted octanol–water partition coefficient (Wildman–Crippen LogP) is 5.71. The van der Waals surface area contributed by atoms with E-state index < -0.39 is 57.1 Å². The van der Waals surface area contributed by atoms with Crippen LogP contribution in [0.2, 0.25) is 0 Å². The molecule has 1 saturated carbocycles. The van der Waals surface area contributed by atoms with E-state index in [1.165, 1.54) is 42.1 Å². The van der Waals surface area contributed by atoms with Crippen molar-refractivity contribution in [2.24, 2.45) is 5.92 Å². The summed E-state index contributed by atoms with van der Waals surface area (Å²) in [5, 5.41) is 5.13. The van der Waals surface area contributed by atoms with Crippen LogP contribution in [0.3, 0.4) is 0 Å². The third kappa shape index (κ3) is 7.97. The van der Waals surface area contributed by atoms with Gasteiger partial charge in [0, 0.05) is 18.2 Å². The molecule has 1 aliphatic heterocycles. The van der Waals surface area contributed by atoms with Crippen molar-refractivity contribution in [1.82, 2.24) is 9.62 Å². The first-order valence-corrected chi connectivity index (χ1v) is 16.3. The second-order valence-corrected chi connectivity index (χ2v) is 12.9. The van der Waals surface area contributed by atoms with Crippen LogP contribution in [-0.4, -0.2) is 55.7 Å². The van der Waals surface area contributed by atoms with Crippen LogP contribution in [0, 0.1) is 17.6 Å². The van der Waals surface area contributed by atoms with Gasteiger partial charge in [-0.25, -0.2) is 22.0 Å². The molecule has 3 aromatic rings. The first-order valence-electron chi connectivity index (χ1n) is 14.8. The SMILES string of the molecule is C.CCC.COC(=O)[C@H](Cc1ccc(NC(=O)c2c(F)cccc2F)cc1)NC(=O)[C@@H]1C2CCC(C2)N1S(=O)(=O)c1ccccc1. The molecule has 1 heterocycles. The lowest BCUT2D eigenvalue weighted by Crippen LogP contribution is -2.56. The van der Waals surface area contributed by atoms with Crippen molar-refractivity contribution < 1.29 is 36.3 Å². The highest BCUT2D eigenvalue weighted by Crippen LogP contribution is 2.45. The molecule has 2 aliphatic rings. The number of rotatable bonds is 9. The molecular weight excluding hydrogens is 616 g/mol. The van der Waals surface area contributed by atoms with E-state index in [2.05, 4.69) is 24.5 Å². The minimum Gasteiger partial charge on any atom is -0.467 e. The van der Waals surface area contributed by atoms with Crippen molar-refractivity contribution in [3.05, 3.63) is 95.6 Å². The van der Waals surface area contributed by atoms with E-state index in [1.54, 1.807) is 30.3 Å². The molecule has 1 aliphatic carbocycles. The van der Waals surface area contributed by atoms with Crippen LogP contribution in [0.5, 0.6) is 0 Å². The highest BCUT2D eigenvalue weighted by atomic mass is 32.2. The Morgan fingerprint density at radius 3 is 2.13 bits per heavy atom. The Morgan fingerprint density at radius 1 is 0.935 bits per heavy atom. The fraction of sp³-hybridized carbons (Fsp3) is 0.382. The van der Waals surface area contributed by atoms with Crippen LogP contribution < -0.4 is 10.6 Å². The molecule has 5 rings (SSSR count). The molecule has 248 valence electrons. The minimum atomic E-state index is -3.95. The molecule has 3 aromatic carbocycles. The molecule has 0 radical (unpaired) electrons. The number of carbonyl (C=O) groups is 3. The Morgan fingerprint density at radius 2 is 1.54 bits per heavy atom. The smallest absolute Gasteiger partial charge is 0.328 e. The van der Waals surface area contributed by atoms with Gasteiger partial charge in [-0.3, -0.25) is 9.59 Å². The Balaban J connectivity index is 0.00000139. The number of anilines is 1. The zero-order valence-corrected chi connectivity index (χ0v) is 26.2. The fourth-order valence-electron chi connectivity index (χ4n) is 5.79. The van der Waals surface area contributed by atoms with E-state index in [0.717, 1.165) is 18.2 Å². The summed E-state index contributed by atoms with van der Waals surface area (Å²) in [5.41, 5.74) is 0.134. The summed E-state index contributed by atoms with van der Waals surface area (Å²) in [7, 11) is -2.76. The van der Waals surface area contributed by atoms with Gasteiger partial charge in [0.2, 0.25) is 15.9 Å². The van der Waals surface area contributed by atoms with Crippen molar-refractivity contribution >= 4 is 33.5 Å². The number of sulfonamides is 1. The maximum atomic E-state index is 13.9. The lowest BCUT2D eigenvalue weighted by molar-refractivity contribution is -0.145. The number of hydrogen-bond acceptors (Lipinski definition) is 6. The van der Waals surface area contributed by atoms with E-state index >= 15 is 0 Å². The topological polar surface area (TPSA) is 122 Å². The zero-order valence-electron chi connectivity index (χ0n) is 25.3. The van der Waals surface area contributed by atoms with Gasteiger partial charge < -0.3 is 15.4 Å². The van der Waals surface area contributed by atoms with Gasteiger partial charge in [0.1, 0.15) is 29.3 Å². The molecule has 4 atom stereocenters. The maximum Gasteiger partial charge on any atom is 0.328 e. The van der Waals surface area contributed by atoms with Crippen LogP contribution in [0.1, 0.15) is 62.9 Å². The molecule has 2 N–H and O–H groups in total. The standard InChI is InChI=1S/C30H29F2N3O6S.C3H8.CH4/c1-41-30(38)25(16-18-10-13-20(14-11-18)33-28(36)26-23(31)8-5-9-24(26)32)34-29(37)27-19-12-15-21(17-19)35(27)42(39,40)22-6-3-2-4-7-22;1-3-2;/h2-11,13-14,19,21,25,27H,12,15-17H2,1H3,(H,33,36)(H,34,37);3H2,1-2H3;1H4/t19?,21?,25-,27-;;/m0../s1.